The number of benzene rings is 3. The fraction of sp³-hybridized carbons (Fsp3) is 0.0476. The molecular formula is C21H18ClN3O4S. The molecule has 3 aromatic carbocycles. The Balaban J connectivity index is 1.82. The van der Waals surface area contributed by atoms with Gasteiger partial charge in [0.05, 0.1) is 12.0 Å². The second kappa shape index (κ2) is 9.43. The van der Waals surface area contributed by atoms with Crippen molar-refractivity contribution in [3.05, 3.63) is 95.0 Å². The molecule has 0 saturated heterocycles. The van der Waals surface area contributed by atoms with E-state index in [-0.39, 0.29) is 5.75 Å². The van der Waals surface area contributed by atoms with Gasteiger partial charge in [0.1, 0.15) is 5.75 Å². The maximum Gasteiger partial charge on any atom is 0.339 e. The third kappa shape index (κ3) is 6.33. The van der Waals surface area contributed by atoms with Gasteiger partial charge < -0.3 is 9.50 Å². The monoisotopic (exact) mass is 443 g/mol. The van der Waals surface area contributed by atoms with E-state index in [1.54, 1.807) is 36.4 Å². The van der Waals surface area contributed by atoms with Crippen molar-refractivity contribution >= 4 is 39.1 Å². The lowest BCUT2D eigenvalue weighted by Gasteiger charge is -2.10. The van der Waals surface area contributed by atoms with Crippen molar-refractivity contribution in [3.8, 4) is 5.75 Å². The molecule has 0 heterocycles. The molecule has 0 fully saturated rings. The number of anilines is 1. The van der Waals surface area contributed by atoms with Crippen LogP contribution in [0.15, 0.2) is 84.0 Å². The van der Waals surface area contributed by atoms with Gasteiger partial charge in [0.15, 0.2) is 0 Å². The summed E-state index contributed by atoms with van der Waals surface area (Å²) in [6, 6.07) is 21.7. The minimum absolute atomic E-state index is 0.183. The van der Waals surface area contributed by atoms with Crippen LogP contribution < -0.4 is 14.9 Å². The van der Waals surface area contributed by atoms with E-state index >= 15 is 0 Å². The molecule has 0 aromatic heterocycles. The van der Waals surface area contributed by atoms with Gasteiger partial charge in [-0.05, 0) is 48.5 Å². The van der Waals surface area contributed by atoms with Gasteiger partial charge in [-0.2, -0.15) is 13.5 Å². The number of hydrazone groups is 1. The molecule has 154 valence electrons. The number of carbonyl (C=O) groups is 1. The van der Waals surface area contributed by atoms with E-state index < -0.39 is 16.1 Å². The number of nitrogens with zero attached hydrogens (tertiary/aromatic N) is 1. The van der Waals surface area contributed by atoms with Gasteiger partial charge in [-0.25, -0.2) is 10.2 Å². The highest BCUT2D eigenvalue weighted by Crippen LogP contribution is 2.17. The molecule has 3 aromatic rings. The van der Waals surface area contributed by atoms with E-state index in [0.29, 0.717) is 22.0 Å². The minimum atomic E-state index is -3.62. The quantitative estimate of drug-likeness (QED) is 0.338. The number of rotatable bonds is 6. The van der Waals surface area contributed by atoms with Crippen LogP contribution in [0.25, 0.3) is 0 Å². The van der Waals surface area contributed by atoms with Crippen molar-refractivity contribution in [2.75, 3.05) is 11.6 Å². The van der Waals surface area contributed by atoms with Crippen molar-refractivity contribution in [2.45, 2.75) is 0 Å². The van der Waals surface area contributed by atoms with Gasteiger partial charge in [-0.15, -0.1) is 0 Å². The number of carbonyl (C=O) groups excluding carboxylic acids is 1. The van der Waals surface area contributed by atoms with Gasteiger partial charge >= 0.3 is 16.1 Å². The zero-order valence-electron chi connectivity index (χ0n) is 15.9. The zero-order valence-corrected chi connectivity index (χ0v) is 17.4. The first kappa shape index (κ1) is 21.4. The predicted molar refractivity (Wildman–Crippen MR) is 118 cm³/mol. The highest BCUT2D eigenvalue weighted by atomic mass is 35.5. The fourth-order valence-corrected chi connectivity index (χ4v) is 3.12. The fourth-order valence-electron chi connectivity index (χ4n) is 2.53. The van der Waals surface area contributed by atoms with Crippen LogP contribution in [-0.2, 0) is 10.1 Å². The first-order valence-electron chi connectivity index (χ1n) is 8.76. The molecule has 0 spiro atoms. The van der Waals surface area contributed by atoms with E-state index in [4.69, 9.17) is 15.8 Å². The molecule has 7 nitrogen and oxygen atoms in total. The Morgan fingerprint density at radius 3 is 2.10 bits per heavy atom. The van der Waals surface area contributed by atoms with Crippen LogP contribution in [0.5, 0.6) is 5.75 Å². The molecule has 2 amide bonds. The lowest BCUT2D eigenvalue weighted by Crippen LogP contribution is -2.26. The number of hydrogen-bond donors (Lipinski definition) is 2. The van der Waals surface area contributed by atoms with Crippen molar-refractivity contribution in [3.63, 3.8) is 0 Å². The molecule has 0 radical (unpaired) electrons. The standard InChI is InChI=1S/C21H18ClN3O4S/c1-30(27,28)29-19-13-7-16(8-14-19)20(15-5-3-2-4-6-15)24-25-21(26)23-18-11-9-17(22)10-12-18/h2-14H,1H3,(H2,23,25,26)/b24-20+. The van der Waals surface area contributed by atoms with Crippen LogP contribution in [-0.4, -0.2) is 26.4 Å². The summed E-state index contributed by atoms with van der Waals surface area (Å²) in [5.41, 5.74) is 4.96. The average Bonchev–Trinajstić information content (AvgIpc) is 2.71. The summed E-state index contributed by atoms with van der Waals surface area (Å²) in [4.78, 5) is 12.2. The zero-order chi connectivity index (χ0) is 21.6. The van der Waals surface area contributed by atoms with Crippen molar-refractivity contribution in [1.82, 2.24) is 5.43 Å². The van der Waals surface area contributed by atoms with Crippen LogP contribution in [0.2, 0.25) is 5.02 Å². The molecule has 9 heteroatoms. The van der Waals surface area contributed by atoms with Gasteiger partial charge in [0.2, 0.25) is 0 Å². The van der Waals surface area contributed by atoms with Crippen molar-refractivity contribution < 1.29 is 17.4 Å². The van der Waals surface area contributed by atoms with Gasteiger partial charge in [-0.1, -0.05) is 41.9 Å². The maximum atomic E-state index is 12.2. The van der Waals surface area contributed by atoms with Crippen molar-refractivity contribution in [1.29, 1.82) is 0 Å². The molecule has 3 rings (SSSR count). The van der Waals surface area contributed by atoms with Gasteiger partial charge in [0.25, 0.3) is 0 Å². The molecule has 0 bridgehead atoms. The number of hydrogen-bond acceptors (Lipinski definition) is 5. The minimum Gasteiger partial charge on any atom is -0.383 e. The first-order valence-corrected chi connectivity index (χ1v) is 11.0. The van der Waals surface area contributed by atoms with Crippen LogP contribution in [0.1, 0.15) is 11.1 Å². The van der Waals surface area contributed by atoms with E-state index in [2.05, 4.69) is 15.8 Å². The smallest absolute Gasteiger partial charge is 0.339 e. The lowest BCUT2D eigenvalue weighted by atomic mass is 10.0. The molecule has 30 heavy (non-hydrogen) atoms. The highest BCUT2D eigenvalue weighted by Gasteiger charge is 2.10. The average molecular weight is 444 g/mol. The second-order valence-corrected chi connectivity index (χ2v) is 8.22. The molecular weight excluding hydrogens is 426 g/mol. The van der Waals surface area contributed by atoms with E-state index in [1.165, 1.54) is 12.1 Å². The number of amides is 2. The van der Waals surface area contributed by atoms with Gasteiger partial charge in [0, 0.05) is 21.8 Å². The number of halogens is 1. The van der Waals surface area contributed by atoms with Crippen LogP contribution in [0, 0.1) is 0 Å². The normalized spacial score (nSPS) is 11.6. The first-order chi connectivity index (χ1) is 14.3. The Morgan fingerprint density at radius 2 is 1.50 bits per heavy atom. The molecule has 0 saturated carbocycles. The molecule has 0 aliphatic rings. The Labute approximate surface area is 179 Å². The summed E-state index contributed by atoms with van der Waals surface area (Å²) in [6.45, 7) is 0. The van der Waals surface area contributed by atoms with Gasteiger partial charge in [-0.3, -0.25) is 0 Å². The summed E-state index contributed by atoms with van der Waals surface area (Å²) >= 11 is 5.84. The summed E-state index contributed by atoms with van der Waals surface area (Å²) < 4.78 is 27.4. The second-order valence-electron chi connectivity index (χ2n) is 6.21. The third-order valence-electron chi connectivity index (χ3n) is 3.79. The predicted octanol–water partition coefficient (Wildman–Crippen LogP) is 4.25. The number of nitrogens with one attached hydrogen (secondary N) is 2. The number of urea groups is 1. The maximum absolute atomic E-state index is 12.2. The van der Waals surface area contributed by atoms with Crippen LogP contribution >= 0.6 is 11.6 Å². The largest absolute Gasteiger partial charge is 0.383 e. The van der Waals surface area contributed by atoms with E-state index in [0.717, 1.165) is 11.8 Å². The van der Waals surface area contributed by atoms with Crippen molar-refractivity contribution in [2.24, 2.45) is 5.10 Å². The topological polar surface area (TPSA) is 96.9 Å². The summed E-state index contributed by atoms with van der Waals surface area (Å²) in [7, 11) is -3.62. The summed E-state index contributed by atoms with van der Waals surface area (Å²) in [6.07, 6.45) is 0.973. The Hall–Kier alpha value is -3.36. The van der Waals surface area contributed by atoms with Crippen LogP contribution in [0.3, 0.4) is 0 Å². The highest BCUT2D eigenvalue weighted by molar-refractivity contribution is 7.86. The van der Waals surface area contributed by atoms with E-state index in [9.17, 15) is 13.2 Å². The molecule has 2 N–H and O–H groups in total. The lowest BCUT2D eigenvalue weighted by molar-refractivity contribution is 0.252. The summed E-state index contributed by atoms with van der Waals surface area (Å²) in [5, 5.41) is 7.47. The van der Waals surface area contributed by atoms with E-state index in [1.807, 2.05) is 30.3 Å². The third-order valence-corrected chi connectivity index (χ3v) is 4.54. The Bertz CT molecular complexity index is 1150. The van der Waals surface area contributed by atoms with Crippen LogP contribution in [0.4, 0.5) is 10.5 Å². The molecule has 0 aliphatic heterocycles. The Kier molecular flexibility index (Phi) is 6.71. The molecule has 0 aliphatic carbocycles. The Morgan fingerprint density at radius 1 is 0.900 bits per heavy atom. The molecule has 0 atom stereocenters. The molecule has 0 unspecified atom stereocenters. The summed E-state index contributed by atoms with van der Waals surface area (Å²) in [5.74, 6) is 0.183. The SMILES string of the molecule is CS(=O)(=O)Oc1ccc(/C(=N/NC(=O)Nc2ccc(Cl)cc2)c2ccccc2)cc1.